The SMILES string of the molecule is CC(c1cccc(O)c1)N(C)C(=O)OCC1c2ccccc2-c2ccccc21. The highest BCUT2D eigenvalue weighted by Crippen LogP contribution is 2.44. The van der Waals surface area contributed by atoms with Gasteiger partial charge < -0.3 is 14.7 Å². The Bertz CT molecular complexity index is 968. The number of ether oxygens (including phenoxy) is 1. The van der Waals surface area contributed by atoms with Crippen molar-refractivity contribution in [3.05, 3.63) is 89.5 Å². The van der Waals surface area contributed by atoms with Crippen molar-refractivity contribution in [1.82, 2.24) is 4.90 Å². The summed E-state index contributed by atoms with van der Waals surface area (Å²) >= 11 is 0. The Hall–Kier alpha value is -3.27. The summed E-state index contributed by atoms with van der Waals surface area (Å²) in [4.78, 5) is 14.2. The van der Waals surface area contributed by atoms with Crippen LogP contribution in [0.4, 0.5) is 4.79 Å². The zero-order valence-electron chi connectivity index (χ0n) is 16.0. The largest absolute Gasteiger partial charge is 0.508 e. The molecule has 1 aliphatic carbocycles. The predicted molar refractivity (Wildman–Crippen MR) is 109 cm³/mol. The van der Waals surface area contributed by atoms with Gasteiger partial charge in [-0.3, -0.25) is 0 Å². The van der Waals surface area contributed by atoms with E-state index in [-0.39, 0.29) is 23.8 Å². The molecule has 142 valence electrons. The van der Waals surface area contributed by atoms with Crippen LogP contribution in [0.2, 0.25) is 0 Å². The molecule has 1 unspecified atom stereocenters. The van der Waals surface area contributed by atoms with Crippen LogP contribution in [0.25, 0.3) is 11.1 Å². The summed E-state index contributed by atoms with van der Waals surface area (Å²) in [6.07, 6.45) is -0.377. The summed E-state index contributed by atoms with van der Waals surface area (Å²) in [6.45, 7) is 2.21. The molecule has 28 heavy (non-hydrogen) atoms. The van der Waals surface area contributed by atoms with Gasteiger partial charge in [0.2, 0.25) is 0 Å². The highest BCUT2D eigenvalue weighted by molar-refractivity contribution is 5.79. The van der Waals surface area contributed by atoms with Crippen molar-refractivity contribution < 1.29 is 14.6 Å². The van der Waals surface area contributed by atoms with Crippen LogP contribution in [0.3, 0.4) is 0 Å². The van der Waals surface area contributed by atoms with Crippen molar-refractivity contribution in [3.8, 4) is 16.9 Å². The van der Waals surface area contributed by atoms with Crippen LogP contribution in [0.5, 0.6) is 5.75 Å². The molecular weight excluding hydrogens is 350 g/mol. The second-order valence-electron chi connectivity index (χ2n) is 7.19. The third kappa shape index (κ3) is 3.22. The normalized spacial score (nSPS) is 13.5. The average molecular weight is 373 g/mol. The number of carbonyl (C=O) groups excluding carboxylic acids is 1. The summed E-state index contributed by atoms with van der Waals surface area (Å²) in [5, 5.41) is 9.68. The molecule has 1 atom stereocenters. The third-order valence-electron chi connectivity index (χ3n) is 5.56. The van der Waals surface area contributed by atoms with Gasteiger partial charge in [0.15, 0.2) is 0 Å². The van der Waals surface area contributed by atoms with Gasteiger partial charge in [-0.05, 0) is 46.9 Å². The quantitative estimate of drug-likeness (QED) is 0.672. The Labute approximate surface area is 165 Å². The van der Waals surface area contributed by atoms with Crippen LogP contribution in [0.15, 0.2) is 72.8 Å². The standard InChI is InChI=1S/C24H23NO3/c1-16(17-8-7-9-18(26)14-17)25(2)24(27)28-15-23-21-12-5-3-10-19(21)20-11-4-6-13-22(20)23/h3-14,16,23,26H,15H2,1-2H3. The Balaban J connectivity index is 1.49. The maximum absolute atomic E-state index is 12.7. The minimum atomic E-state index is -0.377. The van der Waals surface area contributed by atoms with E-state index < -0.39 is 0 Å². The Morgan fingerprint density at radius 1 is 1.00 bits per heavy atom. The van der Waals surface area contributed by atoms with Gasteiger partial charge in [-0.15, -0.1) is 0 Å². The van der Waals surface area contributed by atoms with Crippen molar-refractivity contribution in [2.75, 3.05) is 13.7 Å². The van der Waals surface area contributed by atoms with E-state index in [0.29, 0.717) is 6.61 Å². The van der Waals surface area contributed by atoms with Gasteiger partial charge in [0.1, 0.15) is 12.4 Å². The average Bonchev–Trinajstić information content (AvgIpc) is 3.05. The molecule has 3 aromatic carbocycles. The fraction of sp³-hybridized carbons (Fsp3) is 0.208. The van der Waals surface area contributed by atoms with E-state index in [1.54, 1.807) is 30.1 Å². The highest BCUT2D eigenvalue weighted by atomic mass is 16.6. The first-order valence-electron chi connectivity index (χ1n) is 9.43. The highest BCUT2D eigenvalue weighted by Gasteiger charge is 2.30. The molecule has 4 heteroatoms. The first kappa shape index (κ1) is 18.1. The molecule has 4 nitrogen and oxygen atoms in total. The van der Waals surface area contributed by atoms with Gasteiger partial charge in [-0.1, -0.05) is 60.7 Å². The van der Waals surface area contributed by atoms with E-state index in [4.69, 9.17) is 4.74 Å². The molecule has 1 aliphatic rings. The number of hydrogen-bond acceptors (Lipinski definition) is 3. The Kier molecular flexibility index (Phi) is 4.78. The molecule has 1 N–H and O–H groups in total. The van der Waals surface area contributed by atoms with E-state index in [9.17, 15) is 9.90 Å². The third-order valence-corrected chi connectivity index (χ3v) is 5.56. The molecule has 0 fully saturated rings. The molecule has 3 aromatic rings. The molecule has 0 spiro atoms. The maximum atomic E-state index is 12.7. The number of fused-ring (bicyclic) bond motifs is 3. The Morgan fingerprint density at radius 3 is 2.21 bits per heavy atom. The van der Waals surface area contributed by atoms with E-state index >= 15 is 0 Å². The summed E-state index contributed by atoms with van der Waals surface area (Å²) in [5.41, 5.74) is 5.66. The fourth-order valence-corrected chi connectivity index (χ4v) is 3.86. The van der Waals surface area contributed by atoms with Crippen LogP contribution in [-0.4, -0.2) is 29.8 Å². The minimum absolute atomic E-state index is 0.0424. The van der Waals surface area contributed by atoms with Gasteiger partial charge in [-0.2, -0.15) is 0 Å². The number of nitrogens with zero attached hydrogens (tertiary/aromatic N) is 1. The number of benzene rings is 3. The number of phenolic OH excluding ortho intramolecular Hbond substituents is 1. The number of amides is 1. The summed E-state index contributed by atoms with van der Waals surface area (Å²) < 4.78 is 5.70. The van der Waals surface area contributed by atoms with E-state index in [2.05, 4.69) is 24.3 Å². The van der Waals surface area contributed by atoms with Gasteiger partial charge in [0.25, 0.3) is 0 Å². The zero-order chi connectivity index (χ0) is 19.7. The lowest BCUT2D eigenvalue weighted by Gasteiger charge is -2.25. The lowest BCUT2D eigenvalue weighted by molar-refractivity contribution is 0.0969. The van der Waals surface area contributed by atoms with Gasteiger partial charge in [-0.25, -0.2) is 4.79 Å². The molecule has 0 aromatic heterocycles. The molecule has 0 saturated heterocycles. The van der Waals surface area contributed by atoms with Gasteiger partial charge in [0, 0.05) is 13.0 Å². The predicted octanol–water partition coefficient (Wildman–Crippen LogP) is 5.33. The van der Waals surface area contributed by atoms with Crippen molar-refractivity contribution >= 4 is 6.09 Å². The number of rotatable bonds is 4. The maximum Gasteiger partial charge on any atom is 0.410 e. The summed E-state index contributed by atoms with van der Waals surface area (Å²) in [5.74, 6) is 0.228. The van der Waals surface area contributed by atoms with Crippen molar-refractivity contribution in [2.24, 2.45) is 0 Å². The van der Waals surface area contributed by atoms with Crippen LogP contribution in [-0.2, 0) is 4.74 Å². The zero-order valence-corrected chi connectivity index (χ0v) is 16.0. The molecule has 1 amide bonds. The molecular formula is C24H23NO3. The number of hydrogen-bond donors (Lipinski definition) is 1. The topological polar surface area (TPSA) is 49.8 Å². The van der Waals surface area contributed by atoms with Crippen molar-refractivity contribution in [2.45, 2.75) is 18.9 Å². The number of aromatic hydroxyl groups is 1. The fourth-order valence-electron chi connectivity index (χ4n) is 3.86. The second kappa shape index (κ2) is 7.39. The first-order chi connectivity index (χ1) is 13.6. The molecule has 0 aliphatic heterocycles. The van der Waals surface area contributed by atoms with Crippen LogP contribution >= 0.6 is 0 Å². The minimum Gasteiger partial charge on any atom is -0.508 e. The molecule has 0 heterocycles. The van der Waals surface area contributed by atoms with Crippen LogP contribution < -0.4 is 0 Å². The summed E-state index contributed by atoms with van der Waals surface area (Å²) in [7, 11) is 1.72. The Morgan fingerprint density at radius 2 is 1.61 bits per heavy atom. The van der Waals surface area contributed by atoms with Crippen LogP contribution in [0, 0.1) is 0 Å². The van der Waals surface area contributed by atoms with Gasteiger partial charge in [0.05, 0.1) is 6.04 Å². The number of phenols is 1. The molecule has 0 saturated carbocycles. The summed E-state index contributed by atoms with van der Waals surface area (Å²) in [6, 6.07) is 23.3. The second-order valence-corrected chi connectivity index (χ2v) is 7.19. The lowest BCUT2D eigenvalue weighted by atomic mass is 9.98. The monoisotopic (exact) mass is 373 g/mol. The lowest BCUT2D eigenvalue weighted by Crippen LogP contribution is -2.31. The molecule has 4 rings (SSSR count). The van der Waals surface area contributed by atoms with E-state index in [1.807, 2.05) is 37.3 Å². The smallest absolute Gasteiger partial charge is 0.410 e. The van der Waals surface area contributed by atoms with Crippen molar-refractivity contribution in [1.29, 1.82) is 0 Å². The van der Waals surface area contributed by atoms with E-state index in [1.165, 1.54) is 22.3 Å². The number of carbonyl (C=O) groups is 1. The van der Waals surface area contributed by atoms with Crippen LogP contribution in [0.1, 0.15) is 35.6 Å². The van der Waals surface area contributed by atoms with E-state index in [0.717, 1.165) is 5.56 Å². The molecule has 0 bridgehead atoms. The molecule has 0 radical (unpaired) electrons. The van der Waals surface area contributed by atoms with Crippen molar-refractivity contribution in [3.63, 3.8) is 0 Å². The first-order valence-corrected chi connectivity index (χ1v) is 9.43. The van der Waals surface area contributed by atoms with Gasteiger partial charge >= 0.3 is 6.09 Å².